The van der Waals surface area contributed by atoms with Crippen molar-refractivity contribution in [2.75, 3.05) is 5.73 Å². The molecule has 1 unspecified atom stereocenters. The molecule has 1 aromatic heterocycles. The summed E-state index contributed by atoms with van der Waals surface area (Å²) in [6, 6.07) is 11.7. The summed E-state index contributed by atoms with van der Waals surface area (Å²) in [4.78, 5) is 4.02. The Balaban J connectivity index is 2.26. The van der Waals surface area contributed by atoms with Gasteiger partial charge in [-0.15, -0.1) is 0 Å². The number of hydrogen-bond acceptors (Lipinski definition) is 3. The average Bonchev–Trinajstić information content (AvgIpc) is 2.41. The van der Waals surface area contributed by atoms with Crippen LogP contribution in [0.5, 0.6) is 11.5 Å². The van der Waals surface area contributed by atoms with Crippen molar-refractivity contribution in [3.05, 3.63) is 48.2 Å². The van der Waals surface area contributed by atoms with Gasteiger partial charge in [0.15, 0.2) is 0 Å². The highest BCUT2D eigenvalue weighted by Crippen LogP contribution is 2.31. The van der Waals surface area contributed by atoms with Crippen molar-refractivity contribution in [1.82, 2.24) is 4.98 Å². The Bertz CT molecular complexity index is 508. The molecule has 1 aromatic carbocycles. The zero-order valence-electron chi connectivity index (χ0n) is 10.8. The molecular formula is C15H18N2O. The zero-order valence-corrected chi connectivity index (χ0v) is 10.8. The van der Waals surface area contributed by atoms with E-state index in [4.69, 9.17) is 10.5 Å². The molecule has 0 fully saturated rings. The molecule has 0 aliphatic rings. The summed E-state index contributed by atoms with van der Waals surface area (Å²) >= 11 is 0. The smallest absolute Gasteiger partial charge is 0.145 e. The largest absolute Gasteiger partial charge is 0.455 e. The lowest BCUT2D eigenvalue weighted by atomic mass is 9.98. The summed E-state index contributed by atoms with van der Waals surface area (Å²) in [6.07, 6.45) is 2.73. The lowest BCUT2D eigenvalue weighted by molar-refractivity contribution is 0.468. The lowest BCUT2D eigenvalue weighted by Gasteiger charge is -2.15. The van der Waals surface area contributed by atoms with Crippen LogP contribution in [0.1, 0.15) is 31.7 Å². The second-order valence-electron chi connectivity index (χ2n) is 4.37. The number of ether oxygens (including phenoxy) is 1. The zero-order chi connectivity index (χ0) is 13.0. The third-order valence-electron chi connectivity index (χ3n) is 3.05. The lowest BCUT2D eigenvalue weighted by Crippen LogP contribution is -1.96. The predicted molar refractivity (Wildman–Crippen MR) is 73.9 cm³/mol. The van der Waals surface area contributed by atoms with E-state index in [9.17, 15) is 0 Å². The topological polar surface area (TPSA) is 48.1 Å². The summed E-state index contributed by atoms with van der Waals surface area (Å²) in [6.45, 7) is 4.37. The highest BCUT2D eigenvalue weighted by molar-refractivity contribution is 5.40. The van der Waals surface area contributed by atoms with Crippen LogP contribution < -0.4 is 10.5 Å². The van der Waals surface area contributed by atoms with Gasteiger partial charge in [-0.3, -0.25) is 0 Å². The van der Waals surface area contributed by atoms with Crippen molar-refractivity contribution in [2.24, 2.45) is 0 Å². The van der Waals surface area contributed by atoms with E-state index in [1.807, 2.05) is 24.3 Å². The van der Waals surface area contributed by atoms with Crippen molar-refractivity contribution >= 4 is 5.82 Å². The molecule has 2 aromatic rings. The van der Waals surface area contributed by atoms with Gasteiger partial charge in [-0.2, -0.15) is 0 Å². The first-order valence-corrected chi connectivity index (χ1v) is 6.19. The van der Waals surface area contributed by atoms with Crippen molar-refractivity contribution in [2.45, 2.75) is 26.2 Å². The number of hydrogen-bond donors (Lipinski definition) is 1. The molecule has 3 heteroatoms. The molecule has 0 saturated carbocycles. The van der Waals surface area contributed by atoms with E-state index in [2.05, 4.69) is 24.9 Å². The Labute approximate surface area is 108 Å². The number of nitrogens with two attached hydrogens (primary N) is 1. The van der Waals surface area contributed by atoms with Crippen LogP contribution in [-0.2, 0) is 0 Å². The van der Waals surface area contributed by atoms with E-state index in [1.54, 1.807) is 12.3 Å². The van der Waals surface area contributed by atoms with Crippen molar-refractivity contribution < 1.29 is 4.74 Å². The molecule has 1 heterocycles. The maximum absolute atomic E-state index is 5.87. The number of anilines is 1. The minimum Gasteiger partial charge on any atom is -0.455 e. The summed E-state index contributed by atoms with van der Waals surface area (Å²) < 4.78 is 5.87. The highest BCUT2D eigenvalue weighted by Gasteiger charge is 2.10. The first-order valence-electron chi connectivity index (χ1n) is 6.19. The Morgan fingerprint density at radius 2 is 2.00 bits per heavy atom. The van der Waals surface area contributed by atoms with Gasteiger partial charge in [0, 0.05) is 0 Å². The van der Waals surface area contributed by atoms with Gasteiger partial charge in [0.1, 0.15) is 17.3 Å². The van der Waals surface area contributed by atoms with Gasteiger partial charge in [0.2, 0.25) is 0 Å². The van der Waals surface area contributed by atoms with Crippen LogP contribution in [0.15, 0.2) is 42.6 Å². The summed E-state index contributed by atoms with van der Waals surface area (Å²) in [5.41, 5.74) is 6.77. The van der Waals surface area contributed by atoms with Crippen LogP contribution in [0, 0.1) is 0 Å². The number of pyridine rings is 1. The number of nitrogens with zero attached hydrogens (tertiary/aromatic N) is 1. The Hall–Kier alpha value is -2.03. The molecule has 0 aliphatic carbocycles. The number of aromatic nitrogens is 1. The van der Waals surface area contributed by atoms with Crippen molar-refractivity contribution in [3.8, 4) is 11.5 Å². The summed E-state index contributed by atoms with van der Waals surface area (Å²) in [5.74, 6) is 2.57. The molecule has 0 spiro atoms. The molecule has 0 saturated heterocycles. The van der Waals surface area contributed by atoms with E-state index >= 15 is 0 Å². The highest BCUT2D eigenvalue weighted by atomic mass is 16.5. The van der Waals surface area contributed by atoms with E-state index < -0.39 is 0 Å². The minimum absolute atomic E-state index is 0.475. The molecule has 0 aliphatic heterocycles. The molecule has 2 rings (SSSR count). The van der Waals surface area contributed by atoms with Crippen LogP contribution in [0.3, 0.4) is 0 Å². The predicted octanol–water partition coefficient (Wildman–Crippen LogP) is 3.97. The fraction of sp³-hybridized carbons (Fsp3) is 0.267. The van der Waals surface area contributed by atoms with Crippen LogP contribution in [0.2, 0.25) is 0 Å². The van der Waals surface area contributed by atoms with Crippen LogP contribution in [0.4, 0.5) is 5.82 Å². The third-order valence-corrected chi connectivity index (χ3v) is 3.05. The Kier molecular flexibility index (Phi) is 3.82. The molecule has 94 valence electrons. The van der Waals surface area contributed by atoms with Gasteiger partial charge >= 0.3 is 0 Å². The van der Waals surface area contributed by atoms with Crippen LogP contribution in [0.25, 0.3) is 0 Å². The van der Waals surface area contributed by atoms with E-state index in [-0.39, 0.29) is 0 Å². The molecule has 1 atom stereocenters. The van der Waals surface area contributed by atoms with E-state index in [1.165, 1.54) is 5.56 Å². The van der Waals surface area contributed by atoms with Gasteiger partial charge in [-0.25, -0.2) is 4.98 Å². The first-order chi connectivity index (χ1) is 8.70. The van der Waals surface area contributed by atoms with Crippen molar-refractivity contribution in [1.29, 1.82) is 0 Å². The summed E-state index contributed by atoms with van der Waals surface area (Å²) in [5, 5.41) is 0. The normalized spacial score (nSPS) is 12.1. The number of para-hydroxylation sites is 1. The second-order valence-corrected chi connectivity index (χ2v) is 4.37. The molecule has 0 radical (unpaired) electrons. The fourth-order valence-corrected chi connectivity index (χ4v) is 1.78. The maximum atomic E-state index is 5.87. The van der Waals surface area contributed by atoms with Gasteiger partial charge in [-0.05, 0) is 36.1 Å². The quantitative estimate of drug-likeness (QED) is 0.882. The monoisotopic (exact) mass is 242 g/mol. The standard InChI is InChI=1S/C15H18N2O/c1-3-11(2)13-6-4-5-7-14(13)18-12-8-9-15(16)17-10-12/h4-11H,3H2,1-2H3,(H2,16,17). The van der Waals surface area contributed by atoms with Crippen molar-refractivity contribution in [3.63, 3.8) is 0 Å². The molecule has 18 heavy (non-hydrogen) atoms. The molecule has 3 nitrogen and oxygen atoms in total. The third kappa shape index (κ3) is 2.80. The summed E-state index contributed by atoms with van der Waals surface area (Å²) in [7, 11) is 0. The first kappa shape index (κ1) is 12.4. The number of nitrogen functional groups attached to an aromatic ring is 1. The van der Waals surface area contributed by atoms with Crippen LogP contribution in [-0.4, -0.2) is 4.98 Å². The van der Waals surface area contributed by atoms with Gasteiger partial charge in [0.05, 0.1) is 6.20 Å². The molecular weight excluding hydrogens is 224 g/mol. The average molecular weight is 242 g/mol. The van der Waals surface area contributed by atoms with Gasteiger partial charge < -0.3 is 10.5 Å². The Morgan fingerprint density at radius 3 is 2.67 bits per heavy atom. The van der Waals surface area contributed by atoms with Gasteiger partial charge in [-0.1, -0.05) is 32.0 Å². The molecule has 2 N–H and O–H groups in total. The maximum Gasteiger partial charge on any atom is 0.145 e. The second kappa shape index (κ2) is 5.54. The number of rotatable bonds is 4. The fourth-order valence-electron chi connectivity index (χ4n) is 1.78. The van der Waals surface area contributed by atoms with E-state index in [0.717, 1.165) is 12.2 Å². The number of benzene rings is 1. The Morgan fingerprint density at radius 1 is 1.22 bits per heavy atom. The van der Waals surface area contributed by atoms with E-state index in [0.29, 0.717) is 17.5 Å². The van der Waals surface area contributed by atoms with Crippen LogP contribution >= 0.6 is 0 Å². The minimum atomic E-state index is 0.475. The molecule has 0 bridgehead atoms. The van der Waals surface area contributed by atoms with Gasteiger partial charge in [0.25, 0.3) is 0 Å². The SMILES string of the molecule is CCC(C)c1ccccc1Oc1ccc(N)nc1. The molecule has 0 amide bonds.